The molecule has 0 spiro atoms. The van der Waals surface area contributed by atoms with Crippen LogP contribution >= 0.6 is 0 Å². The molecule has 0 heterocycles. The summed E-state index contributed by atoms with van der Waals surface area (Å²) in [5, 5.41) is 15.8. The van der Waals surface area contributed by atoms with Gasteiger partial charge in [-0.1, -0.05) is 37.3 Å². The van der Waals surface area contributed by atoms with Crippen molar-refractivity contribution < 1.29 is 14.6 Å². The standard InChI is InChI=1S/C13H17BNO3/c1-10(13(16)17)7-12(14-18-9-15)8-11-5-3-2-4-6-11/h2-6,9-10,12,15H,7-8H2,1H3,(H,16,17)/t10-,12+/m0/s1. The van der Waals surface area contributed by atoms with Gasteiger partial charge in [-0.15, -0.1) is 0 Å². The van der Waals surface area contributed by atoms with Crippen LogP contribution < -0.4 is 0 Å². The Hall–Kier alpha value is -1.78. The maximum absolute atomic E-state index is 10.9. The van der Waals surface area contributed by atoms with Crippen molar-refractivity contribution in [3.05, 3.63) is 35.9 Å². The lowest BCUT2D eigenvalue weighted by molar-refractivity contribution is -0.141. The molecule has 0 aliphatic heterocycles. The van der Waals surface area contributed by atoms with Gasteiger partial charge in [0.15, 0.2) is 0 Å². The predicted molar refractivity (Wildman–Crippen MR) is 70.9 cm³/mol. The molecule has 0 fully saturated rings. The van der Waals surface area contributed by atoms with E-state index in [1.54, 1.807) is 14.4 Å². The molecule has 0 aliphatic carbocycles. The van der Waals surface area contributed by atoms with E-state index in [1.165, 1.54) is 0 Å². The van der Waals surface area contributed by atoms with Gasteiger partial charge in [0.1, 0.15) is 6.40 Å². The largest absolute Gasteiger partial charge is 0.555 e. The smallest absolute Gasteiger partial charge is 0.374 e. The molecule has 2 N–H and O–H groups in total. The lowest BCUT2D eigenvalue weighted by atomic mass is 9.71. The molecule has 1 rings (SSSR count). The average molecular weight is 246 g/mol. The SMILES string of the molecule is C[C@@H](C[C@@H]([B]OC=N)Cc1ccccc1)C(=O)O. The van der Waals surface area contributed by atoms with Gasteiger partial charge in [-0.3, -0.25) is 10.2 Å². The maximum atomic E-state index is 10.9. The minimum absolute atomic E-state index is 0.0138. The minimum Gasteiger partial charge on any atom is -0.555 e. The number of hydrogen-bond donors (Lipinski definition) is 2. The molecular weight excluding hydrogens is 229 g/mol. The molecule has 0 saturated heterocycles. The van der Waals surface area contributed by atoms with Crippen molar-refractivity contribution >= 4 is 19.9 Å². The zero-order valence-electron chi connectivity index (χ0n) is 10.4. The second kappa shape index (κ2) is 7.53. The summed E-state index contributed by atoms with van der Waals surface area (Å²) in [7, 11) is 1.54. The second-order valence-electron chi connectivity index (χ2n) is 4.31. The number of rotatable bonds is 8. The van der Waals surface area contributed by atoms with E-state index in [4.69, 9.17) is 15.2 Å². The summed E-state index contributed by atoms with van der Waals surface area (Å²) in [4.78, 5) is 10.9. The predicted octanol–water partition coefficient (Wildman–Crippen LogP) is 2.37. The van der Waals surface area contributed by atoms with Crippen molar-refractivity contribution in [2.75, 3.05) is 0 Å². The van der Waals surface area contributed by atoms with Crippen LogP contribution in [0.4, 0.5) is 0 Å². The van der Waals surface area contributed by atoms with Crippen LogP contribution in [0.2, 0.25) is 5.82 Å². The van der Waals surface area contributed by atoms with Gasteiger partial charge in [0.25, 0.3) is 0 Å². The first kappa shape index (κ1) is 14.3. The van der Waals surface area contributed by atoms with Crippen molar-refractivity contribution in [2.45, 2.75) is 25.6 Å². The lowest BCUT2D eigenvalue weighted by Crippen LogP contribution is -2.18. The Balaban J connectivity index is 2.60. The van der Waals surface area contributed by atoms with Crippen LogP contribution in [0, 0.1) is 11.3 Å². The molecule has 1 radical (unpaired) electrons. The highest BCUT2D eigenvalue weighted by molar-refractivity contribution is 6.31. The highest BCUT2D eigenvalue weighted by atomic mass is 16.4. The molecule has 2 atom stereocenters. The van der Waals surface area contributed by atoms with Gasteiger partial charge in [-0.25, -0.2) is 0 Å². The van der Waals surface area contributed by atoms with Crippen LogP contribution in [0.25, 0.3) is 0 Å². The Labute approximate surface area is 108 Å². The van der Waals surface area contributed by atoms with Crippen molar-refractivity contribution in [1.29, 1.82) is 5.41 Å². The van der Waals surface area contributed by atoms with E-state index in [2.05, 4.69) is 0 Å². The third-order valence-electron chi connectivity index (χ3n) is 2.76. The molecule has 0 unspecified atom stereocenters. The number of carboxylic acids is 1. The van der Waals surface area contributed by atoms with E-state index in [0.717, 1.165) is 12.0 Å². The van der Waals surface area contributed by atoms with Gasteiger partial charge < -0.3 is 9.76 Å². The van der Waals surface area contributed by atoms with Gasteiger partial charge in [-0.2, -0.15) is 0 Å². The van der Waals surface area contributed by atoms with Crippen molar-refractivity contribution in [3.63, 3.8) is 0 Å². The van der Waals surface area contributed by atoms with E-state index in [-0.39, 0.29) is 5.82 Å². The van der Waals surface area contributed by atoms with Crippen LogP contribution in [-0.4, -0.2) is 25.0 Å². The van der Waals surface area contributed by atoms with Crippen molar-refractivity contribution in [2.24, 2.45) is 5.92 Å². The summed E-state index contributed by atoms with van der Waals surface area (Å²) in [6, 6.07) is 9.83. The fourth-order valence-corrected chi connectivity index (χ4v) is 1.81. The van der Waals surface area contributed by atoms with E-state index < -0.39 is 11.9 Å². The number of carbonyl (C=O) groups is 1. The van der Waals surface area contributed by atoms with Crippen LogP contribution in [0.15, 0.2) is 30.3 Å². The number of benzene rings is 1. The molecule has 1 aromatic carbocycles. The Morgan fingerprint density at radius 3 is 2.72 bits per heavy atom. The van der Waals surface area contributed by atoms with Crippen LogP contribution in [-0.2, 0) is 15.9 Å². The Bertz CT molecular complexity index is 383. The van der Waals surface area contributed by atoms with Crippen molar-refractivity contribution in [1.82, 2.24) is 0 Å². The van der Waals surface area contributed by atoms with E-state index in [0.29, 0.717) is 12.8 Å². The first-order valence-corrected chi connectivity index (χ1v) is 5.88. The maximum Gasteiger partial charge on any atom is 0.374 e. The van der Waals surface area contributed by atoms with E-state index in [1.807, 2.05) is 30.3 Å². The summed E-state index contributed by atoms with van der Waals surface area (Å²) < 4.78 is 4.87. The first-order valence-electron chi connectivity index (χ1n) is 5.88. The van der Waals surface area contributed by atoms with Gasteiger partial charge in [0.2, 0.25) is 0 Å². The summed E-state index contributed by atoms with van der Waals surface area (Å²) in [6.45, 7) is 1.68. The fourth-order valence-electron chi connectivity index (χ4n) is 1.81. The Kier molecular flexibility index (Phi) is 5.98. The van der Waals surface area contributed by atoms with Gasteiger partial charge in [-0.05, 0) is 24.2 Å². The molecule has 1 aromatic rings. The van der Waals surface area contributed by atoms with E-state index >= 15 is 0 Å². The first-order chi connectivity index (χ1) is 8.63. The molecule has 0 aromatic heterocycles. The molecule has 5 heteroatoms. The normalized spacial score (nSPS) is 13.4. The molecule has 0 saturated carbocycles. The molecule has 0 bridgehead atoms. The Morgan fingerprint density at radius 2 is 2.17 bits per heavy atom. The third kappa shape index (κ3) is 5.04. The highest BCUT2D eigenvalue weighted by Gasteiger charge is 2.21. The van der Waals surface area contributed by atoms with Crippen LogP contribution in [0.5, 0.6) is 0 Å². The summed E-state index contributed by atoms with van der Waals surface area (Å²) in [6.07, 6.45) is 2.06. The molecule has 4 nitrogen and oxygen atoms in total. The van der Waals surface area contributed by atoms with Gasteiger partial charge in [0.05, 0.1) is 5.92 Å². The Morgan fingerprint density at radius 1 is 1.50 bits per heavy atom. The number of carboxylic acid groups (broad SMARTS) is 1. The molecule has 95 valence electrons. The lowest BCUT2D eigenvalue weighted by Gasteiger charge is -2.16. The van der Waals surface area contributed by atoms with Crippen LogP contribution in [0.1, 0.15) is 18.9 Å². The van der Waals surface area contributed by atoms with Crippen molar-refractivity contribution in [3.8, 4) is 0 Å². The summed E-state index contributed by atoms with van der Waals surface area (Å²) >= 11 is 0. The monoisotopic (exact) mass is 246 g/mol. The summed E-state index contributed by atoms with van der Waals surface area (Å²) in [5.74, 6) is -1.25. The molecular formula is C13H17BNO3. The van der Waals surface area contributed by atoms with Gasteiger partial charge >= 0.3 is 13.5 Å². The number of aliphatic carboxylic acids is 1. The number of hydrogen-bond acceptors (Lipinski definition) is 3. The molecule has 0 aliphatic rings. The van der Waals surface area contributed by atoms with Gasteiger partial charge in [0, 0.05) is 0 Å². The average Bonchev–Trinajstić information content (AvgIpc) is 2.37. The fraction of sp³-hybridized carbons (Fsp3) is 0.385. The minimum atomic E-state index is -0.809. The zero-order chi connectivity index (χ0) is 13.4. The summed E-state index contributed by atoms with van der Waals surface area (Å²) in [5.41, 5.74) is 1.13. The van der Waals surface area contributed by atoms with E-state index in [9.17, 15) is 4.79 Å². The molecule has 18 heavy (non-hydrogen) atoms. The topological polar surface area (TPSA) is 70.4 Å². The number of nitrogens with one attached hydrogen (secondary N) is 1. The third-order valence-corrected chi connectivity index (χ3v) is 2.76. The quantitative estimate of drug-likeness (QED) is 0.420. The zero-order valence-corrected chi connectivity index (χ0v) is 10.4. The second-order valence-corrected chi connectivity index (χ2v) is 4.31. The van der Waals surface area contributed by atoms with Crippen LogP contribution in [0.3, 0.4) is 0 Å². The molecule has 0 amide bonds. The highest BCUT2D eigenvalue weighted by Crippen LogP contribution is 2.22.